The first-order valence-corrected chi connectivity index (χ1v) is 44.2. The van der Waals surface area contributed by atoms with Crippen molar-refractivity contribution in [2.45, 2.75) is 427 Å². The molecule has 0 saturated heterocycles. The maximum absolute atomic E-state index is 13.1. The van der Waals surface area contributed by atoms with Crippen molar-refractivity contribution in [1.82, 2.24) is 0 Å². The number of phosphoric ester groups is 2. The normalized spacial score (nSPS) is 14.1. The minimum absolute atomic E-state index is 0.107. The number of hydrogen-bond acceptors (Lipinski definition) is 15. The van der Waals surface area contributed by atoms with Crippen LogP contribution in [0.1, 0.15) is 409 Å². The largest absolute Gasteiger partial charge is 0.472 e. The summed E-state index contributed by atoms with van der Waals surface area (Å²) in [6.07, 6.45) is 55.6. The van der Waals surface area contributed by atoms with E-state index in [0.717, 1.165) is 114 Å². The van der Waals surface area contributed by atoms with E-state index in [-0.39, 0.29) is 25.7 Å². The van der Waals surface area contributed by atoms with Crippen LogP contribution in [0.2, 0.25) is 0 Å². The van der Waals surface area contributed by atoms with Gasteiger partial charge in [0.2, 0.25) is 0 Å². The number of rotatable bonds is 77. The fourth-order valence-electron chi connectivity index (χ4n) is 12.3. The Morgan fingerprint density at radius 2 is 0.424 bits per heavy atom. The summed E-state index contributed by atoms with van der Waals surface area (Å²) in [5, 5.41) is 10.6. The van der Waals surface area contributed by atoms with Gasteiger partial charge in [-0.1, -0.05) is 357 Å². The molecule has 99 heavy (non-hydrogen) atoms. The molecule has 0 aromatic rings. The van der Waals surface area contributed by atoms with Crippen LogP contribution in [0.25, 0.3) is 0 Å². The fraction of sp³-hybridized carbons (Fsp3) is 0.950. The second-order valence-corrected chi connectivity index (χ2v) is 33.6. The van der Waals surface area contributed by atoms with Gasteiger partial charge in [0.25, 0.3) is 0 Å². The summed E-state index contributed by atoms with van der Waals surface area (Å²) in [7, 11) is -9.92. The number of aliphatic hydroxyl groups excluding tert-OH is 1. The van der Waals surface area contributed by atoms with Gasteiger partial charge in [-0.05, 0) is 49.4 Å². The van der Waals surface area contributed by atoms with E-state index in [0.29, 0.717) is 31.6 Å². The molecule has 588 valence electrons. The Balaban J connectivity index is 5.21. The number of unbranched alkanes of at least 4 members (excludes halogenated alkanes) is 43. The Morgan fingerprint density at radius 1 is 0.253 bits per heavy atom. The zero-order valence-electron chi connectivity index (χ0n) is 65.1. The van der Waals surface area contributed by atoms with Crippen molar-refractivity contribution < 1.29 is 80.2 Å². The number of esters is 4. The van der Waals surface area contributed by atoms with Gasteiger partial charge in [-0.3, -0.25) is 37.3 Å². The molecule has 0 aromatic heterocycles. The number of carbonyl (C=O) groups is 4. The average molecular weight is 1450 g/mol. The number of aliphatic hydroxyl groups is 1. The summed E-state index contributed by atoms with van der Waals surface area (Å²) in [6.45, 7) is 14.2. The van der Waals surface area contributed by atoms with Crippen molar-refractivity contribution in [1.29, 1.82) is 0 Å². The average Bonchev–Trinajstić information content (AvgIpc) is 1.20. The van der Waals surface area contributed by atoms with Gasteiger partial charge in [0.15, 0.2) is 12.2 Å². The minimum Gasteiger partial charge on any atom is -0.462 e. The topological polar surface area (TPSA) is 237 Å². The molecule has 0 aliphatic heterocycles. The third-order valence-corrected chi connectivity index (χ3v) is 20.5. The summed E-state index contributed by atoms with van der Waals surface area (Å²) >= 11 is 0. The molecule has 17 nitrogen and oxygen atoms in total. The molecule has 0 radical (unpaired) electrons. The van der Waals surface area contributed by atoms with E-state index in [1.165, 1.54) is 205 Å². The molecular formula is C80H156O17P2. The van der Waals surface area contributed by atoms with Crippen molar-refractivity contribution in [2.75, 3.05) is 39.6 Å². The highest BCUT2D eigenvalue weighted by Crippen LogP contribution is 2.45. The zero-order chi connectivity index (χ0) is 73.1. The van der Waals surface area contributed by atoms with Crippen molar-refractivity contribution >= 4 is 39.5 Å². The fourth-order valence-corrected chi connectivity index (χ4v) is 13.8. The molecule has 0 saturated carbocycles. The van der Waals surface area contributed by atoms with Crippen molar-refractivity contribution in [3.63, 3.8) is 0 Å². The van der Waals surface area contributed by atoms with Gasteiger partial charge in [0, 0.05) is 25.7 Å². The molecule has 0 heterocycles. The van der Waals surface area contributed by atoms with Crippen molar-refractivity contribution in [2.24, 2.45) is 23.7 Å². The summed E-state index contributed by atoms with van der Waals surface area (Å²) in [5.74, 6) is 0.944. The maximum atomic E-state index is 13.1. The van der Waals surface area contributed by atoms with Gasteiger partial charge in [0.1, 0.15) is 19.3 Å². The highest BCUT2D eigenvalue weighted by molar-refractivity contribution is 7.47. The van der Waals surface area contributed by atoms with Crippen LogP contribution in [-0.4, -0.2) is 96.7 Å². The molecule has 0 fully saturated rings. The van der Waals surface area contributed by atoms with Crippen LogP contribution in [0.15, 0.2) is 0 Å². The molecule has 5 atom stereocenters. The molecule has 0 spiro atoms. The lowest BCUT2D eigenvalue weighted by molar-refractivity contribution is -0.161. The van der Waals surface area contributed by atoms with E-state index >= 15 is 0 Å². The summed E-state index contributed by atoms with van der Waals surface area (Å²) in [5.41, 5.74) is 0. The summed E-state index contributed by atoms with van der Waals surface area (Å²) in [6, 6.07) is 0. The molecular weight excluding hydrogens is 1290 g/mol. The van der Waals surface area contributed by atoms with E-state index in [4.69, 9.17) is 37.0 Å². The van der Waals surface area contributed by atoms with E-state index in [1.807, 2.05) is 0 Å². The van der Waals surface area contributed by atoms with Gasteiger partial charge < -0.3 is 33.8 Å². The minimum atomic E-state index is -4.96. The quantitative estimate of drug-likeness (QED) is 0.0222. The van der Waals surface area contributed by atoms with E-state index in [1.54, 1.807) is 0 Å². The maximum Gasteiger partial charge on any atom is 0.472 e. The number of carbonyl (C=O) groups excluding carboxylic acids is 4. The monoisotopic (exact) mass is 1450 g/mol. The van der Waals surface area contributed by atoms with Crippen LogP contribution in [0.4, 0.5) is 0 Å². The molecule has 0 aliphatic carbocycles. The Hall–Kier alpha value is -1.94. The van der Waals surface area contributed by atoms with Gasteiger partial charge in [-0.15, -0.1) is 0 Å². The third-order valence-electron chi connectivity index (χ3n) is 18.6. The number of phosphoric acid groups is 2. The van der Waals surface area contributed by atoms with Crippen LogP contribution < -0.4 is 0 Å². The van der Waals surface area contributed by atoms with Crippen molar-refractivity contribution in [3.8, 4) is 0 Å². The second-order valence-electron chi connectivity index (χ2n) is 30.7. The molecule has 0 bridgehead atoms. The zero-order valence-corrected chi connectivity index (χ0v) is 66.9. The molecule has 0 aliphatic rings. The van der Waals surface area contributed by atoms with Crippen LogP contribution in [0.5, 0.6) is 0 Å². The predicted molar refractivity (Wildman–Crippen MR) is 404 cm³/mol. The smallest absolute Gasteiger partial charge is 0.462 e. The van der Waals surface area contributed by atoms with Crippen LogP contribution >= 0.6 is 15.6 Å². The molecule has 0 aromatic carbocycles. The Bertz CT molecular complexity index is 1940. The van der Waals surface area contributed by atoms with E-state index < -0.39 is 97.5 Å². The lowest BCUT2D eigenvalue weighted by Crippen LogP contribution is -2.30. The lowest BCUT2D eigenvalue weighted by atomic mass is 10.0. The highest BCUT2D eigenvalue weighted by Gasteiger charge is 2.30. The van der Waals surface area contributed by atoms with E-state index in [9.17, 15) is 43.2 Å². The first-order chi connectivity index (χ1) is 47.6. The molecule has 3 unspecified atom stereocenters. The SMILES string of the molecule is CC(C)CCCCCCCCCCCCCCCCCCC(=O)O[C@H](COC(=O)CCCCCCCCCCCC(C)C)COP(=O)(O)OCC(O)COP(=O)(O)OC[C@@H](COC(=O)CCCCCCCCCC(C)C)OC(=O)CCCCCCCCCCCCCCCCCC(C)C. The van der Waals surface area contributed by atoms with Crippen LogP contribution in [0.3, 0.4) is 0 Å². The molecule has 19 heteroatoms. The van der Waals surface area contributed by atoms with Gasteiger partial charge in [-0.2, -0.15) is 0 Å². The molecule has 0 amide bonds. The highest BCUT2D eigenvalue weighted by atomic mass is 31.2. The third kappa shape index (κ3) is 74.1. The predicted octanol–water partition coefficient (Wildman–Crippen LogP) is 23.6. The molecule has 3 N–H and O–H groups in total. The first-order valence-electron chi connectivity index (χ1n) is 41.2. The Kier molecular flexibility index (Phi) is 67.8. The second kappa shape index (κ2) is 69.1. The first kappa shape index (κ1) is 97.1. The van der Waals surface area contributed by atoms with Crippen LogP contribution in [0, 0.1) is 23.7 Å². The summed E-state index contributed by atoms with van der Waals surface area (Å²) in [4.78, 5) is 73.0. The lowest BCUT2D eigenvalue weighted by Gasteiger charge is -2.21. The van der Waals surface area contributed by atoms with Gasteiger partial charge >= 0.3 is 39.5 Å². The summed E-state index contributed by atoms with van der Waals surface area (Å²) < 4.78 is 68.7. The standard InChI is InChI=1S/C80H156O17P2/c1-70(2)56-48-40-32-25-20-16-12-9-10-14-18-22-28-37-46-54-62-79(84)96-75(66-90-77(82)60-52-44-36-30-24-27-34-42-50-58-72(5)6)68-94-98(86,87)92-64-74(81)65-93-99(88,89)95-69-76(67-91-78(83)61-53-45-39-31-35-43-51-59-73(7)8)97-80(85)63-55-47-38-29-23-19-15-11-13-17-21-26-33-41-49-57-71(3)4/h70-76,81H,9-69H2,1-8H3,(H,86,87)(H,88,89)/t74?,75-,76-/m1/s1. The van der Waals surface area contributed by atoms with Crippen molar-refractivity contribution in [3.05, 3.63) is 0 Å². The van der Waals surface area contributed by atoms with E-state index in [2.05, 4.69) is 55.4 Å². The molecule has 0 rings (SSSR count). The Labute approximate surface area is 607 Å². The van der Waals surface area contributed by atoms with Crippen LogP contribution in [-0.2, 0) is 65.4 Å². The van der Waals surface area contributed by atoms with Gasteiger partial charge in [-0.25, -0.2) is 9.13 Å². The Morgan fingerprint density at radius 3 is 0.626 bits per heavy atom. The number of ether oxygens (including phenoxy) is 4. The van der Waals surface area contributed by atoms with Gasteiger partial charge in [0.05, 0.1) is 26.4 Å². The number of hydrogen-bond donors (Lipinski definition) is 3.